The van der Waals surface area contributed by atoms with Gasteiger partial charge in [0, 0.05) is 24.9 Å². The number of pyridine rings is 1. The maximum absolute atomic E-state index is 11.7. The van der Waals surface area contributed by atoms with Gasteiger partial charge in [-0.1, -0.05) is 5.16 Å². The predicted octanol–water partition coefficient (Wildman–Crippen LogP) is 1.04. The van der Waals surface area contributed by atoms with Crippen LogP contribution < -0.4 is 11.1 Å². The number of amides is 1. The summed E-state index contributed by atoms with van der Waals surface area (Å²) >= 11 is 0. The number of hydrogen-bond donors (Lipinski definition) is 3. The fourth-order valence-electron chi connectivity index (χ4n) is 1.39. The van der Waals surface area contributed by atoms with Crippen molar-refractivity contribution in [3.05, 3.63) is 29.6 Å². The van der Waals surface area contributed by atoms with Gasteiger partial charge < -0.3 is 16.3 Å². The Morgan fingerprint density at radius 2 is 2.28 bits per heavy atom. The second kappa shape index (κ2) is 7.26. The molecule has 0 atom stereocenters. The molecule has 0 fully saturated rings. The number of hydrogen-bond acceptors (Lipinski definition) is 4. The Hall–Kier alpha value is -2.11. The molecule has 1 aromatic heterocycles. The first-order chi connectivity index (χ1) is 8.63. The minimum atomic E-state index is -0.133. The Balaban J connectivity index is 2.23. The van der Waals surface area contributed by atoms with Crippen LogP contribution in [0, 0.1) is 6.92 Å². The van der Waals surface area contributed by atoms with E-state index in [1.165, 1.54) is 0 Å². The van der Waals surface area contributed by atoms with Gasteiger partial charge in [-0.05, 0) is 31.9 Å². The van der Waals surface area contributed by atoms with Crippen LogP contribution in [0.15, 0.2) is 23.5 Å². The highest BCUT2D eigenvalue weighted by Gasteiger charge is 2.04. The van der Waals surface area contributed by atoms with Crippen LogP contribution in [-0.2, 0) is 0 Å². The van der Waals surface area contributed by atoms with E-state index in [1.54, 1.807) is 18.3 Å². The monoisotopic (exact) mass is 250 g/mol. The first-order valence-electron chi connectivity index (χ1n) is 5.80. The summed E-state index contributed by atoms with van der Waals surface area (Å²) in [6.07, 6.45) is 3.63. The molecule has 0 aliphatic carbocycles. The standard InChI is InChI=1S/C12H18N4O2/c1-9-5-6-10(8-15-9)12(17)14-7-3-2-4-11(13)16-18/h5-6,8,18H,2-4,7H2,1H3,(H2,13,16)(H,14,17). The first kappa shape index (κ1) is 14.0. The van der Waals surface area contributed by atoms with E-state index in [1.807, 2.05) is 6.92 Å². The smallest absolute Gasteiger partial charge is 0.252 e. The van der Waals surface area contributed by atoms with E-state index in [-0.39, 0.29) is 11.7 Å². The van der Waals surface area contributed by atoms with Gasteiger partial charge in [-0.25, -0.2) is 0 Å². The molecule has 0 aliphatic heterocycles. The first-order valence-corrected chi connectivity index (χ1v) is 5.80. The van der Waals surface area contributed by atoms with Gasteiger partial charge in [0.25, 0.3) is 5.91 Å². The molecule has 0 radical (unpaired) electrons. The number of nitrogens with zero attached hydrogens (tertiary/aromatic N) is 2. The third kappa shape index (κ3) is 4.82. The summed E-state index contributed by atoms with van der Waals surface area (Å²) in [6, 6.07) is 3.54. The molecule has 0 saturated carbocycles. The predicted molar refractivity (Wildman–Crippen MR) is 68.6 cm³/mol. The van der Waals surface area contributed by atoms with Crippen molar-refractivity contribution < 1.29 is 10.0 Å². The average molecular weight is 250 g/mol. The van der Waals surface area contributed by atoms with Crippen molar-refractivity contribution in [3.8, 4) is 0 Å². The number of carbonyl (C=O) groups excluding carboxylic acids is 1. The molecule has 4 N–H and O–H groups in total. The van der Waals surface area contributed by atoms with E-state index in [2.05, 4.69) is 15.5 Å². The number of aryl methyl sites for hydroxylation is 1. The van der Waals surface area contributed by atoms with E-state index in [0.29, 0.717) is 18.5 Å². The van der Waals surface area contributed by atoms with Crippen molar-refractivity contribution in [2.24, 2.45) is 10.9 Å². The fraction of sp³-hybridized carbons (Fsp3) is 0.417. The zero-order valence-corrected chi connectivity index (χ0v) is 10.4. The van der Waals surface area contributed by atoms with Gasteiger partial charge in [-0.3, -0.25) is 9.78 Å². The minimum Gasteiger partial charge on any atom is -0.409 e. The molecule has 1 aromatic rings. The van der Waals surface area contributed by atoms with Crippen LogP contribution in [0.5, 0.6) is 0 Å². The van der Waals surface area contributed by atoms with Crippen LogP contribution in [0.3, 0.4) is 0 Å². The topological polar surface area (TPSA) is 101 Å². The number of carbonyl (C=O) groups is 1. The van der Waals surface area contributed by atoms with Gasteiger partial charge in [0.1, 0.15) is 5.84 Å². The van der Waals surface area contributed by atoms with Gasteiger partial charge in [0.15, 0.2) is 0 Å². The SMILES string of the molecule is Cc1ccc(C(=O)NCCCCC(N)=NO)cn1. The molecule has 1 rings (SSSR count). The molecule has 0 bridgehead atoms. The molecule has 1 amide bonds. The van der Waals surface area contributed by atoms with E-state index in [0.717, 1.165) is 18.5 Å². The summed E-state index contributed by atoms with van der Waals surface area (Å²) in [5.41, 5.74) is 6.76. The maximum Gasteiger partial charge on any atom is 0.252 e. The molecule has 0 aliphatic rings. The molecule has 0 spiro atoms. The summed E-state index contributed by atoms with van der Waals surface area (Å²) in [4.78, 5) is 15.7. The van der Waals surface area contributed by atoms with Crippen LogP contribution in [0.2, 0.25) is 0 Å². The maximum atomic E-state index is 11.7. The lowest BCUT2D eigenvalue weighted by Gasteiger charge is -2.04. The van der Waals surface area contributed by atoms with Gasteiger partial charge >= 0.3 is 0 Å². The Kier molecular flexibility index (Phi) is 5.63. The van der Waals surface area contributed by atoms with Crippen molar-refractivity contribution in [1.82, 2.24) is 10.3 Å². The van der Waals surface area contributed by atoms with E-state index >= 15 is 0 Å². The number of aromatic nitrogens is 1. The Morgan fingerprint density at radius 1 is 1.50 bits per heavy atom. The van der Waals surface area contributed by atoms with E-state index in [9.17, 15) is 4.79 Å². The minimum absolute atomic E-state index is 0.133. The number of oxime groups is 1. The molecule has 0 saturated heterocycles. The average Bonchev–Trinajstić information content (AvgIpc) is 2.38. The van der Waals surface area contributed by atoms with Crippen LogP contribution in [-0.4, -0.2) is 28.5 Å². The quantitative estimate of drug-likeness (QED) is 0.231. The third-order valence-corrected chi connectivity index (χ3v) is 2.45. The summed E-state index contributed by atoms with van der Waals surface area (Å²) < 4.78 is 0. The number of nitrogens with two attached hydrogens (primary N) is 1. The van der Waals surface area contributed by atoms with Crippen molar-refractivity contribution in [2.45, 2.75) is 26.2 Å². The molecule has 0 unspecified atom stereocenters. The second-order valence-electron chi connectivity index (χ2n) is 3.99. The molecule has 6 nitrogen and oxygen atoms in total. The molecular weight excluding hydrogens is 232 g/mol. The van der Waals surface area contributed by atoms with Gasteiger partial charge in [-0.2, -0.15) is 0 Å². The number of nitrogens with one attached hydrogen (secondary N) is 1. The normalized spacial score (nSPS) is 11.3. The number of unbranched alkanes of at least 4 members (excludes halogenated alkanes) is 1. The number of amidine groups is 1. The summed E-state index contributed by atoms with van der Waals surface area (Å²) in [7, 11) is 0. The highest BCUT2D eigenvalue weighted by Crippen LogP contribution is 1.99. The van der Waals surface area contributed by atoms with E-state index < -0.39 is 0 Å². The molecule has 1 heterocycles. The number of rotatable bonds is 6. The highest BCUT2D eigenvalue weighted by atomic mass is 16.4. The zero-order chi connectivity index (χ0) is 13.4. The summed E-state index contributed by atoms with van der Waals surface area (Å²) in [6.45, 7) is 2.43. The van der Waals surface area contributed by atoms with Crippen molar-refractivity contribution in [3.63, 3.8) is 0 Å². The fourth-order valence-corrected chi connectivity index (χ4v) is 1.39. The largest absolute Gasteiger partial charge is 0.409 e. The van der Waals surface area contributed by atoms with Gasteiger partial charge in [-0.15, -0.1) is 0 Å². The summed E-state index contributed by atoms with van der Waals surface area (Å²) in [5, 5.41) is 14.0. The molecule has 0 aromatic carbocycles. The van der Waals surface area contributed by atoms with E-state index in [4.69, 9.17) is 10.9 Å². The van der Waals surface area contributed by atoms with Gasteiger partial charge in [0.05, 0.1) is 5.56 Å². The lowest BCUT2D eigenvalue weighted by molar-refractivity contribution is 0.0952. The molecular formula is C12H18N4O2. The molecule has 6 heteroatoms. The van der Waals surface area contributed by atoms with Gasteiger partial charge in [0.2, 0.25) is 0 Å². The van der Waals surface area contributed by atoms with Crippen LogP contribution in [0.4, 0.5) is 0 Å². The Bertz CT molecular complexity index is 415. The van der Waals surface area contributed by atoms with Crippen LogP contribution >= 0.6 is 0 Å². The third-order valence-electron chi connectivity index (χ3n) is 2.45. The second-order valence-corrected chi connectivity index (χ2v) is 3.99. The Morgan fingerprint density at radius 3 is 2.89 bits per heavy atom. The Labute approximate surface area is 106 Å². The summed E-state index contributed by atoms with van der Waals surface area (Å²) in [5.74, 6) is 0.0790. The van der Waals surface area contributed by atoms with Crippen molar-refractivity contribution in [2.75, 3.05) is 6.54 Å². The van der Waals surface area contributed by atoms with Crippen molar-refractivity contribution >= 4 is 11.7 Å². The lowest BCUT2D eigenvalue weighted by atomic mass is 10.2. The van der Waals surface area contributed by atoms with Crippen LogP contribution in [0.1, 0.15) is 35.3 Å². The highest BCUT2D eigenvalue weighted by molar-refractivity contribution is 5.93. The zero-order valence-electron chi connectivity index (χ0n) is 10.4. The molecule has 18 heavy (non-hydrogen) atoms. The molecule has 98 valence electrons. The van der Waals surface area contributed by atoms with Crippen LogP contribution in [0.25, 0.3) is 0 Å². The van der Waals surface area contributed by atoms with Crippen molar-refractivity contribution in [1.29, 1.82) is 0 Å². The lowest BCUT2D eigenvalue weighted by Crippen LogP contribution is -2.24.